The molecule has 0 aromatic heterocycles. The summed E-state index contributed by atoms with van der Waals surface area (Å²) in [5.41, 5.74) is 5.40. The van der Waals surface area contributed by atoms with E-state index in [2.05, 4.69) is 19.2 Å². The first-order valence-corrected chi connectivity index (χ1v) is 26.6. The second-order valence-corrected chi connectivity index (χ2v) is 18.8. The van der Waals surface area contributed by atoms with Crippen LogP contribution in [0.15, 0.2) is 0 Å². The molecule has 0 fully saturated rings. The van der Waals surface area contributed by atoms with Gasteiger partial charge in [0.05, 0.1) is 25.4 Å². The first kappa shape index (κ1) is 56.5. The molecule has 0 bridgehead atoms. The quantitative estimate of drug-likeness (QED) is 0.0355. The van der Waals surface area contributed by atoms with Crippen molar-refractivity contribution in [1.29, 1.82) is 0 Å². The molecule has 0 aliphatic rings. The third kappa shape index (κ3) is 43.4. The van der Waals surface area contributed by atoms with Gasteiger partial charge < -0.3 is 21.1 Å². The maximum absolute atomic E-state index is 12.8. The van der Waals surface area contributed by atoms with Gasteiger partial charge in [0, 0.05) is 13.0 Å². The Labute approximate surface area is 354 Å². The Hall–Kier alpha value is -0.500. The molecule has 1 amide bonds. The van der Waals surface area contributed by atoms with E-state index >= 15 is 0 Å². The third-order valence-electron chi connectivity index (χ3n) is 11.7. The van der Waals surface area contributed by atoms with Crippen molar-refractivity contribution in [1.82, 2.24) is 5.32 Å². The SMILES string of the molecule is CCCCCCCCCCCCCCCCCCCCCCC(=O)NC(COP(=O)(O)OCCN)C(O)CCCCCCCCCCCCCCCCCCCC. The van der Waals surface area contributed by atoms with Gasteiger partial charge in [-0.3, -0.25) is 13.8 Å². The molecule has 57 heavy (non-hydrogen) atoms. The van der Waals surface area contributed by atoms with Crippen LogP contribution in [0.5, 0.6) is 0 Å². The lowest BCUT2D eigenvalue weighted by Crippen LogP contribution is -2.46. The third-order valence-corrected chi connectivity index (χ3v) is 12.7. The molecule has 3 unspecified atom stereocenters. The molecule has 5 N–H and O–H groups in total. The molecule has 0 radical (unpaired) electrons. The van der Waals surface area contributed by atoms with Crippen LogP contribution >= 0.6 is 7.82 Å². The topological polar surface area (TPSA) is 131 Å². The van der Waals surface area contributed by atoms with E-state index in [1.807, 2.05) is 0 Å². The molecule has 0 spiro atoms. The number of amides is 1. The number of aliphatic hydroxyl groups is 1. The molecule has 0 aliphatic heterocycles. The second-order valence-electron chi connectivity index (χ2n) is 17.4. The summed E-state index contributed by atoms with van der Waals surface area (Å²) in [5.74, 6) is -0.154. The van der Waals surface area contributed by atoms with Gasteiger partial charge in [0.1, 0.15) is 0 Å². The van der Waals surface area contributed by atoms with E-state index in [0.29, 0.717) is 12.8 Å². The summed E-state index contributed by atoms with van der Waals surface area (Å²) in [7, 11) is -4.31. The zero-order valence-electron chi connectivity index (χ0n) is 38.1. The summed E-state index contributed by atoms with van der Waals surface area (Å²) in [5, 5.41) is 13.9. The number of unbranched alkanes of at least 4 members (excludes halogenated alkanes) is 36. The van der Waals surface area contributed by atoms with E-state index in [-0.39, 0.29) is 25.7 Å². The Morgan fingerprint density at radius 1 is 0.509 bits per heavy atom. The predicted molar refractivity (Wildman–Crippen MR) is 245 cm³/mol. The first-order chi connectivity index (χ1) is 27.9. The first-order valence-electron chi connectivity index (χ1n) is 25.2. The van der Waals surface area contributed by atoms with Crippen LogP contribution in [0.4, 0.5) is 0 Å². The number of carbonyl (C=O) groups excluding carboxylic acids is 1. The fourth-order valence-electron chi connectivity index (χ4n) is 7.90. The van der Waals surface area contributed by atoms with E-state index in [1.54, 1.807) is 0 Å². The van der Waals surface area contributed by atoms with Crippen molar-refractivity contribution < 1.29 is 28.4 Å². The van der Waals surface area contributed by atoms with Crippen molar-refractivity contribution in [2.24, 2.45) is 5.73 Å². The van der Waals surface area contributed by atoms with Gasteiger partial charge in [-0.05, 0) is 12.8 Å². The largest absolute Gasteiger partial charge is 0.472 e. The Morgan fingerprint density at radius 3 is 1.12 bits per heavy atom. The molecule has 3 atom stereocenters. The standard InChI is InChI=1S/C48H99N2O6P/c1-3-5-7-9-11-13-15-17-19-21-23-24-26-28-30-32-34-36-38-40-42-48(52)50-46(45-56-57(53,54)55-44-43-49)47(51)41-39-37-35-33-31-29-27-25-22-20-18-16-14-12-10-8-6-4-2/h46-47,51H,3-45,49H2,1-2H3,(H,50,52)(H,53,54). The maximum Gasteiger partial charge on any atom is 0.472 e. The smallest absolute Gasteiger partial charge is 0.391 e. The van der Waals surface area contributed by atoms with Crippen molar-refractivity contribution >= 4 is 13.7 Å². The van der Waals surface area contributed by atoms with Crippen LogP contribution in [0.1, 0.15) is 271 Å². The molecule has 0 aromatic rings. The minimum atomic E-state index is -4.31. The van der Waals surface area contributed by atoms with Crippen molar-refractivity contribution in [3.63, 3.8) is 0 Å². The molecule has 342 valence electrons. The van der Waals surface area contributed by atoms with Gasteiger partial charge in [-0.15, -0.1) is 0 Å². The number of carbonyl (C=O) groups is 1. The second kappa shape index (κ2) is 45.0. The molecule has 0 saturated carbocycles. The Bertz CT molecular complexity index is 865. The highest BCUT2D eigenvalue weighted by Crippen LogP contribution is 2.43. The Morgan fingerprint density at radius 2 is 0.807 bits per heavy atom. The number of hydrogen-bond acceptors (Lipinski definition) is 6. The molecule has 9 heteroatoms. The highest BCUT2D eigenvalue weighted by atomic mass is 31.2. The lowest BCUT2D eigenvalue weighted by molar-refractivity contribution is -0.123. The zero-order valence-corrected chi connectivity index (χ0v) is 39.0. The Kier molecular flexibility index (Phi) is 44.6. The number of hydrogen-bond donors (Lipinski definition) is 4. The van der Waals surface area contributed by atoms with E-state index in [9.17, 15) is 19.4 Å². The average Bonchev–Trinajstić information content (AvgIpc) is 3.20. The van der Waals surface area contributed by atoms with E-state index < -0.39 is 20.0 Å². The van der Waals surface area contributed by atoms with Crippen LogP contribution in [0.25, 0.3) is 0 Å². The Balaban J connectivity index is 4.02. The van der Waals surface area contributed by atoms with Crippen LogP contribution in [-0.2, 0) is 18.4 Å². The molecule has 0 aliphatic carbocycles. The van der Waals surface area contributed by atoms with Gasteiger partial charge >= 0.3 is 7.82 Å². The number of nitrogens with one attached hydrogen (secondary N) is 1. The fourth-order valence-corrected chi connectivity index (χ4v) is 8.66. The lowest BCUT2D eigenvalue weighted by Gasteiger charge is -2.25. The maximum atomic E-state index is 12.8. The van der Waals surface area contributed by atoms with Gasteiger partial charge in [-0.1, -0.05) is 251 Å². The number of phosphoric acid groups is 1. The molecule has 8 nitrogen and oxygen atoms in total. The number of rotatable bonds is 48. The van der Waals surface area contributed by atoms with Gasteiger partial charge in [-0.25, -0.2) is 4.57 Å². The highest BCUT2D eigenvalue weighted by Gasteiger charge is 2.27. The van der Waals surface area contributed by atoms with Crippen LogP contribution in [-0.4, -0.2) is 47.8 Å². The van der Waals surface area contributed by atoms with Crippen molar-refractivity contribution in [2.45, 2.75) is 283 Å². The normalized spacial score (nSPS) is 13.8. The number of aliphatic hydroxyl groups excluding tert-OH is 1. The molecular formula is C48H99N2O6P. The van der Waals surface area contributed by atoms with Gasteiger partial charge in [-0.2, -0.15) is 0 Å². The van der Waals surface area contributed by atoms with Crippen LogP contribution < -0.4 is 11.1 Å². The minimum absolute atomic E-state index is 0.0928. The van der Waals surface area contributed by atoms with Gasteiger partial charge in [0.25, 0.3) is 0 Å². The zero-order chi connectivity index (χ0) is 41.8. The highest BCUT2D eigenvalue weighted by molar-refractivity contribution is 7.47. The molecule has 0 rings (SSSR count). The van der Waals surface area contributed by atoms with Crippen LogP contribution in [0, 0.1) is 0 Å². The number of nitrogens with two attached hydrogens (primary N) is 1. The summed E-state index contributed by atoms with van der Waals surface area (Å²) in [6, 6.07) is -0.768. The van der Waals surface area contributed by atoms with Crippen molar-refractivity contribution in [2.75, 3.05) is 19.8 Å². The van der Waals surface area contributed by atoms with E-state index in [0.717, 1.165) is 38.5 Å². The minimum Gasteiger partial charge on any atom is -0.391 e. The summed E-state index contributed by atoms with van der Waals surface area (Å²) >= 11 is 0. The molecule has 0 heterocycles. The lowest BCUT2D eigenvalue weighted by atomic mass is 10.0. The van der Waals surface area contributed by atoms with Gasteiger partial charge in [0.15, 0.2) is 0 Å². The molecule has 0 saturated heterocycles. The summed E-state index contributed by atoms with van der Waals surface area (Å²) in [4.78, 5) is 22.8. The predicted octanol–water partition coefficient (Wildman–Crippen LogP) is 14.6. The average molecular weight is 831 g/mol. The summed E-state index contributed by atoms with van der Waals surface area (Å²) in [6.07, 6.45) is 49.8. The van der Waals surface area contributed by atoms with Crippen molar-refractivity contribution in [3.05, 3.63) is 0 Å². The fraction of sp³-hybridized carbons (Fsp3) is 0.979. The van der Waals surface area contributed by atoms with Crippen LogP contribution in [0.2, 0.25) is 0 Å². The summed E-state index contributed by atoms with van der Waals surface area (Å²) in [6.45, 7) is 4.26. The van der Waals surface area contributed by atoms with Gasteiger partial charge in [0.2, 0.25) is 5.91 Å². The summed E-state index contributed by atoms with van der Waals surface area (Å²) < 4.78 is 22.3. The van der Waals surface area contributed by atoms with E-state index in [4.69, 9.17) is 14.8 Å². The van der Waals surface area contributed by atoms with Crippen molar-refractivity contribution in [3.8, 4) is 0 Å². The molecule has 0 aromatic carbocycles. The van der Waals surface area contributed by atoms with Crippen LogP contribution in [0.3, 0.4) is 0 Å². The monoisotopic (exact) mass is 831 g/mol. The van der Waals surface area contributed by atoms with E-state index in [1.165, 1.54) is 205 Å². The molecular weight excluding hydrogens is 732 g/mol. The number of phosphoric ester groups is 1.